The molecule has 0 aliphatic carbocycles. The maximum atomic E-state index is 12.5. The van der Waals surface area contributed by atoms with Crippen LogP contribution in [0.4, 0.5) is 13.2 Å². The lowest BCUT2D eigenvalue weighted by Gasteiger charge is -2.16. The van der Waals surface area contributed by atoms with Gasteiger partial charge in [-0.05, 0) is 17.7 Å². The van der Waals surface area contributed by atoms with Crippen LogP contribution in [0.15, 0.2) is 29.4 Å². The molecule has 0 aliphatic heterocycles. The molecule has 0 bridgehead atoms. The Hall–Kier alpha value is -2.23. The van der Waals surface area contributed by atoms with E-state index < -0.39 is 11.7 Å². The predicted octanol–water partition coefficient (Wildman–Crippen LogP) is 2.72. The van der Waals surface area contributed by atoms with Gasteiger partial charge in [0.15, 0.2) is 5.82 Å². The van der Waals surface area contributed by atoms with E-state index in [4.69, 9.17) is 5.84 Å². The zero-order valence-corrected chi connectivity index (χ0v) is 15.4. The molecule has 1 heterocycles. The molecule has 0 radical (unpaired) electrons. The van der Waals surface area contributed by atoms with Crippen molar-refractivity contribution in [1.82, 2.24) is 20.2 Å². The Balaban J connectivity index is 1.85. The molecule has 6 nitrogen and oxygen atoms in total. The van der Waals surface area contributed by atoms with Gasteiger partial charge >= 0.3 is 6.18 Å². The summed E-state index contributed by atoms with van der Waals surface area (Å²) in [5.41, 5.74) is -0.417. The Kier molecular flexibility index (Phi) is 5.84. The highest BCUT2D eigenvalue weighted by atomic mass is 32.2. The first-order valence-corrected chi connectivity index (χ1v) is 8.73. The van der Waals surface area contributed by atoms with E-state index in [0.717, 1.165) is 23.9 Å². The van der Waals surface area contributed by atoms with Crippen LogP contribution in [0.3, 0.4) is 0 Å². The van der Waals surface area contributed by atoms with Crippen molar-refractivity contribution in [2.75, 3.05) is 11.6 Å². The molecule has 10 heteroatoms. The zero-order chi connectivity index (χ0) is 19.5. The third kappa shape index (κ3) is 5.13. The zero-order valence-electron chi connectivity index (χ0n) is 14.6. The maximum absolute atomic E-state index is 12.5. The van der Waals surface area contributed by atoms with E-state index >= 15 is 0 Å². The molecule has 0 spiro atoms. The number of aromatic nitrogens is 3. The van der Waals surface area contributed by atoms with Crippen molar-refractivity contribution in [3.05, 3.63) is 41.2 Å². The number of benzene rings is 1. The number of nitrogens with zero attached hydrogens (tertiary/aromatic N) is 3. The number of hydrogen-bond acceptors (Lipinski definition) is 5. The van der Waals surface area contributed by atoms with E-state index in [1.165, 1.54) is 16.8 Å². The van der Waals surface area contributed by atoms with Gasteiger partial charge < -0.3 is 11.2 Å². The molecular weight excluding hydrogens is 367 g/mol. The molecule has 0 saturated heterocycles. The second-order valence-electron chi connectivity index (χ2n) is 6.69. The summed E-state index contributed by atoms with van der Waals surface area (Å²) in [7, 11) is 0. The minimum Gasteiger partial charge on any atom is -0.351 e. The first-order chi connectivity index (χ1) is 12.0. The van der Waals surface area contributed by atoms with Gasteiger partial charge in [-0.2, -0.15) is 13.2 Å². The van der Waals surface area contributed by atoms with Gasteiger partial charge in [-0.25, -0.2) is 4.68 Å². The smallest absolute Gasteiger partial charge is 0.351 e. The molecule has 1 amide bonds. The van der Waals surface area contributed by atoms with Crippen LogP contribution in [0.1, 0.15) is 37.7 Å². The Bertz CT molecular complexity index is 766. The van der Waals surface area contributed by atoms with Gasteiger partial charge in [0.05, 0.1) is 11.3 Å². The fourth-order valence-electron chi connectivity index (χ4n) is 2.08. The molecule has 0 saturated carbocycles. The summed E-state index contributed by atoms with van der Waals surface area (Å²) in [4.78, 5) is 11.9. The van der Waals surface area contributed by atoms with E-state index in [9.17, 15) is 18.0 Å². The van der Waals surface area contributed by atoms with Crippen LogP contribution in [-0.2, 0) is 22.9 Å². The molecule has 2 aromatic rings. The summed E-state index contributed by atoms with van der Waals surface area (Å²) < 4.78 is 38.9. The van der Waals surface area contributed by atoms with Gasteiger partial charge in [0.25, 0.3) is 0 Å². The summed E-state index contributed by atoms with van der Waals surface area (Å²) in [5.74, 6) is 6.33. The van der Waals surface area contributed by atoms with Gasteiger partial charge in [-0.15, -0.1) is 10.2 Å². The molecule has 0 atom stereocenters. The Morgan fingerprint density at radius 1 is 1.19 bits per heavy atom. The molecule has 0 aliphatic rings. The van der Waals surface area contributed by atoms with Crippen LogP contribution >= 0.6 is 11.8 Å². The highest BCUT2D eigenvalue weighted by molar-refractivity contribution is 7.99. The molecule has 1 aromatic carbocycles. The third-order valence-electron chi connectivity index (χ3n) is 3.44. The largest absolute Gasteiger partial charge is 0.416 e. The molecule has 3 N–H and O–H groups in total. The van der Waals surface area contributed by atoms with Crippen molar-refractivity contribution in [3.63, 3.8) is 0 Å². The SMILES string of the molecule is CC(C)(C)c1nnc(SCC(=O)NCc2ccc(C(F)(F)F)cc2)n1N. The molecule has 26 heavy (non-hydrogen) atoms. The number of thioether (sulfide) groups is 1. The number of halogens is 3. The first kappa shape index (κ1) is 20.1. The Labute approximate surface area is 153 Å². The summed E-state index contributed by atoms with van der Waals surface area (Å²) in [6, 6.07) is 4.65. The van der Waals surface area contributed by atoms with Crippen LogP contribution in [0.2, 0.25) is 0 Å². The number of nitrogens with two attached hydrogens (primary N) is 1. The van der Waals surface area contributed by atoms with Gasteiger partial charge in [0.1, 0.15) is 0 Å². The Morgan fingerprint density at radius 2 is 1.81 bits per heavy atom. The summed E-state index contributed by atoms with van der Waals surface area (Å²) in [6.07, 6.45) is -4.37. The van der Waals surface area contributed by atoms with E-state index in [1.807, 2.05) is 20.8 Å². The van der Waals surface area contributed by atoms with Crippen LogP contribution in [0, 0.1) is 0 Å². The average Bonchev–Trinajstić information content (AvgIpc) is 2.91. The second kappa shape index (κ2) is 7.56. The van der Waals surface area contributed by atoms with Crippen LogP contribution in [0.5, 0.6) is 0 Å². The van der Waals surface area contributed by atoms with E-state index in [1.54, 1.807) is 0 Å². The van der Waals surface area contributed by atoms with Gasteiger partial charge in [0.2, 0.25) is 11.1 Å². The molecule has 0 fully saturated rings. The first-order valence-electron chi connectivity index (χ1n) is 7.75. The van der Waals surface area contributed by atoms with Crippen molar-refractivity contribution in [3.8, 4) is 0 Å². The predicted molar refractivity (Wildman–Crippen MR) is 92.9 cm³/mol. The van der Waals surface area contributed by atoms with Crippen molar-refractivity contribution in [1.29, 1.82) is 0 Å². The van der Waals surface area contributed by atoms with Crippen molar-refractivity contribution in [2.45, 2.75) is 44.1 Å². The topological polar surface area (TPSA) is 85.8 Å². The van der Waals surface area contributed by atoms with Crippen LogP contribution < -0.4 is 11.2 Å². The number of rotatable bonds is 5. The fraction of sp³-hybridized carbons (Fsp3) is 0.438. The standard InChI is InChI=1S/C16H20F3N5OS/c1-15(2,3)13-22-23-14(24(13)20)26-9-12(25)21-8-10-4-6-11(7-5-10)16(17,18)19/h4-7H,8-9,20H2,1-3H3,(H,21,25). The highest BCUT2D eigenvalue weighted by Crippen LogP contribution is 2.29. The van der Waals surface area contributed by atoms with E-state index in [-0.39, 0.29) is 23.6 Å². The number of carbonyl (C=O) groups excluding carboxylic acids is 1. The molecule has 1 aromatic heterocycles. The lowest BCUT2D eigenvalue weighted by Crippen LogP contribution is -2.26. The molecule has 142 valence electrons. The van der Waals surface area contributed by atoms with Crippen molar-refractivity contribution >= 4 is 17.7 Å². The van der Waals surface area contributed by atoms with E-state index in [0.29, 0.717) is 16.5 Å². The molecule has 0 unspecified atom stereocenters. The normalized spacial score (nSPS) is 12.2. The van der Waals surface area contributed by atoms with Crippen molar-refractivity contribution < 1.29 is 18.0 Å². The average molecular weight is 387 g/mol. The maximum Gasteiger partial charge on any atom is 0.416 e. The number of amides is 1. The lowest BCUT2D eigenvalue weighted by molar-refractivity contribution is -0.137. The van der Waals surface area contributed by atoms with E-state index in [2.05, 4.69) is 15.5 Å². The number of alkyl halides is 3. The van der Waals surface area contributed by atoms with Gasteiger partial charge in [0, 0.05) is 12.0 Å². The third-order valence-corrected chi connectivity index (χ3v) is 4.38. The highest BCUT2D eigenvalue weighted by Gasteiger charge is 2.29. The van der Waals surface area contributed by atoms with Crippen LogP contribution in [0.25, 0.3) is 0 Å². The minimum atomic E-state index is -4.37. The molecule has 2 rings (SSSR count). The monoisotopic (exact) mass is 387 g/mol. The van der Waals surface area contributed by atoms with Gasteiger partial charge in [-0.1, -0.05) is 44.7 Å². The summed E-state index contributed by atoms with van der Waals surface area (Å²) >= 11 is 1.14. The second-order valence-corrected chi connectivity index (χ2v) is 7.63. The minimum absolute atomic E-state index is 0.0696. The number of carbonyl (C=O) groups is 1. The van der Waals surface area contributed by atoms with Crippen LogP contribution in [-0.4, -0.2) is 26.5 Å². The Morgan fingerprint density at radius 3 is 2.31 bits per heavy atom. The quantitative estimate of drug-likeness (QED) is 0.609. The number of nitrogens with one attached hydrogen (secondary N) is 1. The summed E-state index contributed by atoms with van der Waals surface area (Å²) in [6.45, 7) is 5.99. The molecular formula is C16H20F3N5OS. The fourth-order valence-corrected chi connectivity index (χ4v) is 2.77. The summed E-state index contributed by atoms with van der Waals surface area (Å²) in [5, 5.41) is 11.1. The lowest BCUT2D eigenvalue weighted by atomic mass is 9.96. The number of nitrogen functional groups attached to an aromatic ring is 1. The number of hydrogen-bond donors (Lipinski definition) is 2. The van der Waals surface area contributed by atoms with Gasteiger partial charge in [-0.3, -0.25) is 4.79 Å². The van der Waals surface area contributed by atoms with Crippen molar-refractivity contribution in [2.24, 2.45) is 0 Å².